The lowest BCUT2D eigenvalue weighted by molar-refractivity contribution is 1.08. The lowest BCUT2D eigenvalue weighted by Gasteiger charge is -2.13. The van der Waals surface area contributed by atoms with Crippen LogP contribution in [0.4, 0.5) is 0 Å². The Morgan fingerprint density at radius 2 is 0.786 bits per heavy atom. The molecule has 0 aliphatic rings. The molecular weight excluding hydrogens is 851 g/mol. The van der Waals surface area contributed by atoms with Gasteiger partial charge in [-0.1, -0.05) is 200 Å². The molecule has 0 saturated heterocycles. The zero-order valence-corrected chi connectivity index (χ0v) is 37.9. The Bertz CT molecular complexity index is 4310. The first-order valence-corrected chi connectivity index (χ1v) is 23.8. The first-order valence-electron chi connectivity index (χ1n) is 23.8. The van der Waals surface area contributed by atoms with E-state index in [9.17, 15) is 0 Å². The number of rotatable bonds is 7. The minimum Gasteiger partial charge on any atom is -0.309 e. The Hall–Kier alpha value is -9.45. The van der Waals surface area contributed by atoms with Gasteiger partial charge < -0.3 is 9.13 Å². The van der Waals surface area contributed by atoms with Crippen LogP contribution in [-0.4, -0.2) is 24.1 Å². The third-order valence-corrected chi connectivity index (χ3v) is 13.9. The Labute approximate surface area is 403 Å². The third-order valence-electron chi connectivity index (χ3n) is 13.9. The van der Waals surface area contributed by atoms with Crippen LogP contribution in [0.1, 0.15) is 0 Å². The van der Waals surface area contributed by atoms with Crippen molar-refractivity contribution >= 4 is 65.2 Å². The maximum Gasteiger partial charge on any atom is 0.164 e. The highest BCUT2D eigenvalue weighted by molar-refractivity contribution is 6.27. The molecular formula is C65H41N5. The zero-order chi connectivity index (χ0) is 46.1. The molecule has 326 valence electrons. The molecule has 0 fully saturated rings. The standard InChI is InChI=1S/C65H41N5/c1-5-18-42(19-6-1)43-32-34-46(35-33-43)64-66-63(45-22-9-3-10-23-45)67-65(68-64)54-30-17-24-47-38-49(36-37-50(47)54)70-58-31-16-15-28-52(58)56-39-57-60(41-59(56)70)69(48-25-11-4-12-26-48)61-40-55(44-20-7-2-8-21-44)51-27-13-14-29-53(51)62(57)61/h1-41H. The van der Waals surface area contributed by atoms with Gasteiger partial charge in [-0.25, -0.2) is 15.0 Å². The largest absolute Gasteiger partial charge is 0.309 e. The van der Waals surface area contributed by atoms with Crippen molar-refractivity contribution in [2.75, 3.05) is 0 Å². The van der Waals surface area contributed by atoms with E-state index in [0.717, 1.165) is 61.0 Å². The molecule has 14 rings (SSSR count). The van der Waals surface area contributed by atoms with E-state index in [2.05, 4.69) is 234 Å². The number of benzene rings is 11. The monoisotopic (exact) mass is 891 g/mol. The van der Waals surface area contributed by atoms with Gasteiger partial charge in [0.2, 0.25) is 0 Å². The molecule has 5 heteroatoms. The van der Waals surface area contributed by atoms with Gasteiger partial charge in [-0.2, -0.15) is 0 Å². The highest BCUT2D eigenvalue weighted by atomic mass is 15.0. The van der Waals surface area contributed by atoms with Crippen LogP contribution in [0, 0.1) is 0 Å². The summed E-state index contributed by atoms with van der Waals surface area (Å²) in [6.45, 7) is 0. The topological polar surface area (TPSA) is 48.5 Å². The SMILES string of the molecule is c1ccc(-c2ccc(-c3nc(-c4ccccc4)nc(-c4cccc5cc(-n6c7ccccc7c7cc8c9c%10ccccc%10c(-c%10ccccc%10)cc9n(-c9ccccc9)c8cc76)ccc45)n3)cc2)cc1. The van der Waals surface area contributed by atoms with E-state index in [0.29, 0.717) is 17.5 Å². The predicted octanol–water partition coefficient (Wildman–Crippen LogP) is 16.7. The van der Waals surface area contributed by atoms with Crippen molar-refractivity contribution in [3.05, 3.63) is 249 Å². The Balaban J connectivity index is 0.966. The summed E-state index contributed by atoms with van der Waals surface area (Å²) < 4.78 is 4.90. The molecule has 0 saturated carbocycles. The molecule has 0 amide bonds. The summed E-state index contributed by atoms with van der Waals surface area (Å²) in [6, 6.07) is 88.9. The quantitative estimate of drug-likeness (QED) is 0.160. The zero-order valence-electron chi connectivity index (χ0n) is 37.9. The van der Waals surface area contributed by atoms with Crippen LogP contribution in [0.5, 0.6) is 0 Å². The fourth-order valence-corrected chi connectivity index (χ4v) is 10.7. The maximum absolute atomic E-state index is 5.20. The second kappa shape index (κ2) is 16.1. The smallest absolute Gasteiger partial charge is 0.164 e. The van der Waals surface area contributed by atoms with Gasteiger partial charge >= 0.3 is 0 Å². The average molecular weight is 892 g/mol. The number of nitrogens with zero attached hydrogens (tertiary/aromatic N) is 5. The molecule has 70 heavy (non-hydrogen) atoms. The molecule has 0 atom stereocenters. The van der Waals surface area contributed by atoms with Crippen LogP contribution < -0.4 is 0 Å². The van der Waals surface area contributed by atoms with Gasteiger partial charge in [0.1, 0.15) is 0 Å². The summed E-state index contributed by atoms with van der Waals surface area (Å²) in [4.78, 5) is 15.4. The molecule has 3 heterocycles. The number of aromatic nitrogens is 5. The minimum atomic E-state index is 0.630. The molecule has 3 aromatic heterocycles. The molecule has 0 bridgehead atoms. The minimum absolute atomic E-state index is 0.630. The van der Waals surface area contributed by atoms with E-state index in [1.165, 1.54) is 54.5 Å². The van der Waals surface area contributed by atoms with Gasteiger partial charge in [-0.15, -0.1) is 0 Å². The van der Waals surface area contributed by atoms with Crippen LogP contribution in [0.3, 0.4) is 0 Å². The number of fused-ring (bicyclic) bond motifs is 9. The summed E-state index contributed by atoms with van der Waals surface area (Å²) in [5, 5.41) is 9.55. The van der Waals surface area contributed by atoms with Crippen molar-refractivity contribution < 1.29 is 0 Å². The van der Waals surface area contributed by atoms with Crippen LogP contribution in [0.2, 0.25) is 0 Å². The molecule has 0 unspecified atom stereocenters. The lowest BCUT2D eigenvalue weighted by atomic mass is 9.94. The lowest BCUT2D eigenvalue weighted by Crippen LogP contribution is -2.01. The van der Waals surface area contributed by atoms with E-state index in [4.69, 9.17) is 15.0 Å². The van der Waals surface area contributed by atoms with Crippen molar-refractivity contribution in [3.63, 3.8) is 0 Å². The molecule has 14 aromatic rings. The van der Waals surface area contributed by atoms with Crippen molar-refractivity contribution in [2.45, 2.75) is 0 Å². The maximum atomic E-state index is 5.20. The van der Waals surface area contributed by atoms with E-state index >= 15 is 0 Å². The normalized spacial score (nSPS) is 11.7. The molecule has 11 aromatic carbocycles. The van der Waals surface area contributed by atoms with Gasteiger partial charge in [0.15, 0.2) is 17.5 Å². The molecule has 0 spiro atoms. The van der Waals surface area contributed by atoms with E-state index in [1.807, 2.05) is 24.3 Å². The number of hydrogen-bond donors (Lipinski definition) is 0. The fourth-order valence-electron chi connectivity index (χ4n) is 10.7. The van der Waals surface area contributed by atoms with E-state index in [1.54, 1.807) is 0 Å². The summed E-state index contributed by atoms with van der Waals surface area (Å²) in [5.41, 5.74) is 14.4. The van der Waals surface area contributed by atoms with Crippen LogP contribution >= 0.6 is 0 Å². The predicted molar refractivity (Wildman–Crippen MR) is 291 cm³/mol. The molecule has 0 radical (unpaired) electrons. The average Bonchev–Trinajstić information content (AvgIpc) is 3.94. The number of para-hydroxylation sites is 2. The molecule has 5 nitrogen and oxygen atoms in total. The number of hydrogen-bond acceptors (Lipinski definition) is 3. The van der Waals surface area contributed by atoms with Crippen molar-refractivity contribution in [3.8, 4) is 67.8 Å². The Morgan fingerprint density at radius 1 is 0.243 bits per heavy atom. The second-order valence-electron chi connectivity index (χ2n) is 18.0. The van der Waals surface area contributed by atoms with Gasteiger partial charge in [0, 0.05) is 49.6 Å². The molecule has 0 N–H and O–H groups in total. The van der Waals surface area contributed by atoms with Crippen LogP contribution in [-0.2, 0) is 0 Å². The van der Waals surface area contributed by atoms with E-state index < -0.39 is 0 Å². The Kier molecular flexibility index (Phi) is 9.14. The second-order valence-corrected chi connectivity index (χ2v) is 18.0. The van der Waals surface area contributed by atoms with Crippen molar-refractivity contribution in [2.24, 2.45) is 0 Å². The van der Waals surface area contributed by atoms with Gasteiger partial charge in [0.25, 0.3) is 0 Å². The summed E-state index contributed by atoms with van der Waals surface area (Å²) in [5.74, 6) is 1.89. The molecule has 0 aliphatic heterocycles. The highest BCUT2D eigenvalue weighted by Crippen LogP contribution is 2.45. The summed E-state index contributed by atoms with van der Waals surface area (Å²) in [6.07, 6.45) is 0. The van der Waals surface area contributed by atoms with E-state index in [-0.39, 0.29) is 0 Å². The molecule has 0 aliphatic carbocycles. The fraction of sp³-hybridized carbons (Fsp3) is 0. The Morgan fingerprint density at radius 3 is 1.51 bits per heavy atom. The van der Waals surface area contributed by atoms with Crippen molar-refractivity contribution in [1.82, 2.24) is 24.1 Å². The van der Waals surface area contributed by atoms with Gasteiger partial charge in [-0.3, -0.25) is 0 Å². The van der Waals surface area contributed by atoms with Gasteiger partial charge in [0.05, 0.1) is 22.1 Å². The van der Waals surface area contributed by atoms with Crippen LogP contribution in [0.15, 0.2) is 249 Å². The van der Waals surface area contributed by atoms with Crippen LogP contribution in [0.25, 0.3) is 133 Å². The van der Waals surface area contributed by atoms with Gasteiger partial charge in [-0.05, 0) is 92.3 Å². The first-order chi connectivity index (χ1) is 34.7. The van der Waals surface area contributed by atoms with Crippen molar-refractivity contribution in [1.29, 1.82) is 0 Å². The summed E-state index contributed by atoms with van der Waals surface area (Å²) in [7, 11) is 0. The summed E-state index contributed by atoms with van der Waals surface area (Å²) >= 11 is 0. The highest BCUT2D eigenvalue weighted by Gasteiger charge is 2.22. The first kappa shape index (κ1) is 39.7. The third kappa shape index (κ3) is 6.44.